The maximum Gasteiger partial charge on any atom is 0.252 e. The van der Waals surface area contributed by atoms with Gasteiger partial charge in [-0.1, -0.05) is 0 Å². The van der Waals surface area contributed by atoms with Gasteiger partial charge < -0.3 is 9.47 Å². The molecule has 0 saturated heterocycles. The summed E-state index contributed by atoms with van der Waals surface area (Å²) in [4.78, 5) is 11.2. The van der Waals surface area contributed by atoms with E-state index < -0.39 is 5.24 Å². The SMILES string of the molecule is COc1ccc(C(=O)Cl)cc1O[C@H]1C[C@H]2CC[C@H]1C2. The third-order valence-electron chi connectivity index (χ3n) is 4.34. The zero-order chi connectivity index (χ0) is 13.4. The molecule has 4 heteroatoms. The maximum absolute atomic E-state index is 11.2. The van der Waals surface area contributed by atoms with E-state index in [0.29, 0.717) is 23.0 Å². The quantitative estimate of drug-likeness (QED) is 0.790. The lowest BCUT2D eigenvalue weighted by Gasteiger charge is -2.24. The van der Waals surface area contributed by atoms with Crippen LogP contribution < -0.4 is 9.47 Å². The van der Waals surface area contributed by atoms with Gasteiger partial charge in [0, 0.05) is 5.56 Å². The summed E-state index contributed by atoms with van der Waals surface area (Å²) in [6.45, 7) is 0. The molecule has 0 radical (unpaired) electrons. The predicted octanol–water partition coefficient (Wildman–Crippen LogP) is 3.64. The molecule has 0 unspecified atom stereocenters. The minimum Gasteiger partial charge on any atom is -0.493 e. The van der Waals surface area contributed by atoms with Crippen LogP contribution in [0.2, 0.25) is 0 Å². The maximum atomic E-state index is 11.2. The van der Waals surface area contributed by atoms with Crippen molar-refractivity contribution in [1.82, 2.24) is 0 Å². The Kier molecular flexibility index (Phi) is 3.40. The smallest absolute Gasteiger partial charge is 0.252 e. The highest BCUT2D eigenvalue weighted by Gasteiger charge is 2.41. The molecule has 2 aliphatic carbocycles. The van der Waals surface area contributed by atoms with Crippen molar-refractivity contribution in [3.05, 3.63) is 23.8 Å². The molecular weight excluding hydrogens is 264 g/mol. The highest BCUT2D eigenvalue weighted by molar-refractivity contribution is 6.67. The zero-order valence-corrected chi connectivity index (χ0v) is 11.7. The molecule has 3 atom stereocenters. The van der Waals surface area contributed by atoms with Gasteiger partial charge in [-0.25, -0.2) is 0 Å². The van der Waals surface area contributed by atoms with Crippen LogP contribution in [0.5, 0.6) is 11.5 Å². The average molecular weight is 281 g/mol. The molecule has 0 spiro atoms. The molecule has 1 aromatic carbocycles. The van der Waals surface area contributed by atoms with Gasteiger partial charge in [0.1, 0.15) is 6.10 Å². The van der Waals surface area contributed by atoms with Crippen molar-refractivity contribution in [3.63, 3.8) is 0 Å². The van der Waals surface area contributed by atoms with Crippen LogP contribution in [0.1, 0.15) is 36.0 Å². The van der Waals surface area contributed by atoms with Crippen LogP contribution >= 0.6 is 11.6 Å². The van der Waals surface area contributed by atoms with Gasteiger partial charge in [-0.05, 0) is 67.3 Å². The Morgan fingerprint density at radius 1 is 1.26 bits per heavy atom. The monoisotopic (exact) mass is 280 g/mol. The number of hydrogen-bond acceptors (Lipinski definition) is 3. The third-order valence-corrected chi connectivity index (χ3v) is 4.56. The Bertz CT molecular complexity index is 500. The number of fused-ring (bicyclic) bond motifs is 2. The van der Waals surface area contributed by atoms with E-state index in [9.17, 15) is 4.79 Å². The van der Waals surface area contributed by atoms with Crippen LogP contribution in [0, 0.1) is 11.8 Å². The van der Waals surface area contributed by atoms with Gasteiger partial charge in [0.25, 0.3) is 5.24 Å². The van der Waals surface area contributed by atoms with Gasteiger partial charge in [-0.15, -0.1) is 0 Å². The van der Waals surface area contributed by atoms with E-state index in [1.165, 1.54) is 19.3 Å². The highest BCUT2D eigenvalue weighted by Crippen LogP contribution is 2.46. The fourth-order valence-electron chi connectivity index (χ4n) is 3.38. The lowest BCUT2D eigenvalue weighted by Crippen LogP contribution is -2.23. The van der Waals surface area contributed by atoms with Crippen molar-refractivity contribution in [1.29, 1.82) is 0 Å². The summed E-state index contributed by atoms with van der Waals surface area (Å²) >= 11 is 5.52. The standard InChI is InChI=1S/C15H17ClO3/c1-18-12-5-4-11(15(16)17)8-14(12)19-13-7-9-2-3-10(13)6-9/h4-5,8-10,13H,2-3,6-7H2,1H3/t9-,10-,13-/m0/s1. The van der Waals surface area contributed by atoms with E-state index in [1.54, 1.807) is 25.3 Å². The van der Waals surface area contributed by atoms with Gasteiger partial charge in [0.05, 0.1) is 7.11 Å². The van der Waals surface area contributed by atoms with E-state index in [4.69, 9.17) is 21.1 Å². The second kappa shape index (κ2) is 5.04. The van der Waals surface area contributed by atoms with Crippen LogP contribution in [-0.2, 0) is 0 Å². The largest absolute Gasteiger partial charge is 0.493 e. The summed E-state index contributed by atoms with van der Waals surface area (Å²) < 4.78 is 11.4. The topological polar surface area (TPSA) is 35.5 Å². The first-order chi connectivity index (χ1) is 9.17. The van der Waals surface area contributed by atoms with Crippen LogP contribution in [0.3, 0.4) is 0 Å². The first-order valence-corrected chi connectivity index (χ1v) is 7.09. The number of hydrogen-bond donors (Lipinski definition) is 0. The zero-order valence-electron chi connectivity index (χ0n) is 10.9. The van der Waals surface area contributed by atoms with E-state index in [2.05, 4.69) is 0 Å². The Balaban J connectivity index is 1.82. The van der Waals surface area contributed by atoms with Crippen molar-refractivity contribution in [2.45, 2.75) is 31.8 Å². The van der Waals surface area contributed by atoms with Crippen LogP contribution in [0.4, 0.5) is 0 Å². The minimum absolute atomic E-state index is 0.258. The molecule has 0 heterocycles. The number of ether oxygens (including phenoxy) is 2. The molecule has 2 aliphatic rings. The molecule has 1 aromatic rings. The third kappa shape index (κ3) is 2.44. The summed E-state index contributed by atoms with van der Waals surface area (Å²) in [5, 5.41) is -0.472. The molecule has 0 aromatic heterocycles. The summed E-state index contributed by atoms with van der Waals surface area (Å²) in [6.07, 6.45) is 5.25. The summed E-state index contributed by atoms with van der Waals surface area (Å²) in [6, 6.07) is 5.07. The highest BCUT2D eigenvalue weighted by atomic mass is 35.5. The Hall–Kier alpha value is -1.22. The summed E-state index contributed by atoms with van der Waals surface area (Å²) in [7, 11) is 1.60. The van der Waals surface area contributed by atoms with Crippen molar-refractivity contribution < 1.29 is 14.3 Å². The molecule has 102 valence electrons. The van der Waals surface area contributed by atoms with E-state index in [-0.39, 0.29) is 6.10 Å². The molecular formula is C15H17ClO3. The van der Waals surface area contributed by atoms with Gasteiger partial charge in [-0.2, -0.15) is 0 Å². The molecule has 3 nitrogen and oxygen atoms in total. The molecule has 0 amide bonds. The number of carbonyl (C=O) groups is 1. The first-order valence-electron chi connectivity index (χ1n) is 6.72. The number of rotatable bonds is 4. The number of methoxy groups -OCH3 is 1. The molecule has 2 bridgehead atoms. The van der Waals surface area contributed by atoms with Crippen LogP contribution in [-0.4, -0.2) is 18.5 Å². The lowest BCUT2D eigenvalue weighted by atomic mass is 9.97. The van der Waals surface area contributed by atoms with Crippen molar-refractivity contribution in [2.75, 3.05) is 7.11 Å². The van der Waals surface area contributed by atoms with Gasteiger partial charge >= 0.3 is 0 Å². The van der Waals surface area contributed by atoms with E-state index in [0.717, 1.165) is 12.3 Å². The van der Waals surface area contributed by atoms with Crippen molar-refractivity contribution >= 4 is 16.8 Å². The summed E-state index contributed by atoms with van der Waals surface area (Å²) in [5.41, 5.74) is 0.445. The van der Waals surface area contributed by atoms with Gasteiger partial charge in [0.15, 0.2) is 11.5 Å². The van der Waals surface area contributed by atoms with Gasteiger partial charge in [0.2, 0.25) is 0 Å². The number of carbonyl (C=O) groups excluding carboxylic acids is 1. The first kappa shape index (κ1) is 12.8. The van der Waals surface area contributed by atoms with Crippen LogP contribution in [0.15, 0.2) is 18.2 Å². The molecule has 2 fully saturated rings. The Labute approximate surface area is 117 Å². The molecule has 3 rings (SSSR count). The van der Waals surface area contributed by atoms with Crippen molar-refractivity contribution in [3.8, 4) is 11.5 Å². The predicted molar refractivity (Wildman–Crippen MR) is 73.0 cm³/mol. The second-order valence-electron chi connectivity index (χ2n) is 5.47. The normalized spacial score (nSPS) is 28.4. The second-order valence-corrected chi connectivity index (χ2v) is 5.81. The van der Waals surface area contributed by atoms with Gasteiger partial charge in [-0.3, -0.25) is 4.79 Å². The fraction of sp³-hybridized carbons (Fsp3) is 0.533. The Morgan fingerprint density at radius 2 is 2.11 bits per heavy atom. The fourth-order valence-corrected chi connectivity index (χ4v) is 3.50. The number of benzene rings is 1. The van der Waals surface area contributed by atoms with E-state index >= 15 is 0 Å². The van der Waals surface area contributed by atoms with Crippen molar-refractivity contribution in [2.24, 2.45) is 11.8 Å². The molecule has 2 saturated carbocycles. The van der Waals surface area contributed by atoms with Crippen LogP contribution in [0.25, 0.3) is 0 Å². The summed E-state index contributed by atoms with van der Waals surface area (Å²) in [5.74, 6) is 2.76. The lowest BCUT2D eigenvalue weighted by molar-refractivity contribution is 0.107. The number of halogens is 1. The minimum atomic E-state index is -0.472. The molecule has 19 heavy (non-hydrogen) atoms. The average Bonchev–Trinajstić information content (AvgIpc) is 3.01. The van der Waals surface area contributed by atoms with E-state index in [1.807, 2.05) is 0 Å². The molecule has 0 aliphatic heterocycles. The molecule has 0 N–H and O–H groups in total. The Morgan fingerprint density at radius 3 is 2.68 bits per heavy atom.